The fraction of sp³-hybridized carbons (Fsp3) is 0.364. The van der Waals surface area contributed by atoms with E-state index in [1.54, 1.807) is 0 Å². The first kappa shape index (κ1) is 32.4. The van der Waals surface area contributed by atoms with Crippen LogP contribution in [0.25, 0.3) is 43.1 Å². The number of anilines is 2. The van der Waals surface area contributed by atoms with Crippen molar-refractivity contribution in [2.45, 2.75) is 64.6 Å². The first-order valence-corrected chi connectivity index (χ1v) is 17.8. The Bertz CT molecular complexity index is 2080. The van der Waals surface area contributed by atoms with Crippen molar-refractivity contribution in [2.24, 2.45) is 11.8 Å². The van der Waals surface area contributed by atoms with E-state index in [-0.39, 0.29) is 11.8 Å². The summed E-state index contributed by atoms with van der Waals surface area (Å²) < 4.78 is 0. The third-order valence-electron chi connectivity index (χ3n) is 10.8. The summed E-state index contributed by atoms with van der Waals surface area (Å²) in [6.07, 6.45) is 0.843. The summed E-state index contributed by atoms with van der Waals surface area (Å²) >= 11 is 0. The summed E-state index contributed by atoms with van der Waals surface area (Å²) in [4.78, 5) is 4.71. The number of fused-ring (bicyclic) bond motifs is 4. The molecule has 1 aliphatic carbocycles. The van der Waals surface area contributed by atoms with Crippen LogP contribution in [0.4, 0.5) is 11.4 Å². The Morgan fingerprint density at radius 3 is 1.29 bits per heavy atom. The van der Waals surface area contributed by atoms with Crippen molar-refractivity contribution in [1.29, 1.82) is 0 Å². The van der Waals surface area contributed by atoms with Crippen molar-refractivity contribution in [2.75, 3.05) is 37.0 Å². The highest BCUT2D eigenvalue weighted by atomic mass is 16.3. The Hall–Kier alpha value is -4.12. The summed E-state index contributed by atoms with van der Waals surface area (Å²) in [6.45, 7) is 11.2. The van der Waals surface area contributed by atoms with E-state index in [1.165, 1.54) is 27.2 Å². The molecule has 2 N–H and O–H groups in total. The second-order valence-corrected chi connectivity index (χ2v) is 15.1. The predicted molar refractivity (Wildman–Crippen MR) is 206 cm³/mol. The Labute approximate surface area is 285 Å². The summed E-state index contributed by atoms with van der Waals surface area (Å²) in [7, 11) is 4.13. The van der Waals surface area contributed by atoms with E-state index in [4.69, 9.17) is 0 Å². The minimum absolute atomic E-state index is 0.376. The van der Waals surface area contributed by atoms with Crippen molar-refractivity contribution in [1.82, 2.24) is 0 Å². The minimum Gasteiger partial charge on any atom is -0.392 e. The molecular weight excluding hydrogens is 588 g/mol. The third-order valence-corrected chi connectivity index (χ3v) is 10.8. The van der Waals surface area contributed by atoms with Gasteiger partial charge in [0.15, 0.2) is 0 Å². The van der Waals surface area contributed by atoms with Crippen LogP contribution in [-0.4, -0.2) is 49.6 Å². The molecule has 4 heteroatoms. The van der Waals surface area contributed by atoms with Gasteiger partial charge in [-0.1, -0.05) is 88.4 Å². The molecule has 0 saturated heterocycles. The maximum atomic E-state index is 12.1. The van der Waals surface area contributed by atoms with E-state index in [0.717, 1.165) is 64.3 Å². The summed E-state index contributed by atoms with van der Waals surface area (Å²) in [5, 5.41) is 33.4. The molecule has 2 atom stereocenters. The molecule has 248 valence electrons. The zero-order chi connectivity index (χ0) is 33.7. The largest absolute Gasteiger partial charge is 0.392 e. The van der Waals surface area contributed by atoms with E-state index in [1.807, 2.05) is 0 Å². The Morgan fingerprint density at radius 1 is 0.521 bits per heavy atom. The van der Waals surface area contributed by atoms with Gasteiger partial charge in [0, 0.05) is 61.2 Å². The number of aliphatic hydroxyl groups excluding tert-OH is 2. The highest BCUT2D eigenvalue weighted by Crippen LogP contribution is 2.52. The molecular formula is C44H50N2O2. The molecule has 6 aromatic rings. The standard InChI is InChI=1S/C44H50N2O2/c1-27(2)19-21-46(22-20-28(3)4)40-18-16-34(36-24-30-12-8-10-14-32(30)26-38(36)40)42-43(47)41(44(42)48)33-15-17-39(45(5)6)37-25-31-13-9-7-11-29(31)23-35(33)37/h7-18,23-28,41-44,47-48H,19-22H2,1-6H3. The lowest BCUT2D eigenvalue weighted by molar-refractivity contribution is -0.0775. The quantitative estimate of drug-likeness (QED) is 0.147. The van der Waals surface area contributed by atoms with Crippen molar-refractivity contribution in [3.63, 3.8) is 0 Å². The lowest BCUT2D eigenvalue weighted by Crippen LogP contribution is -2.51. The minimum atomic E-state index is -0.710. The predicted octanol–water partition coefficient (Wildman–Crippen LogP) is 9.87. The molecule has 7 rings (SSSR count). The number of nitrogens with zero attached hydrogens (tertiary/aromatic N) is 2. The van der Waals surface area contributed by atoms with Crippen molar-refractivity contribution < 1.29 is 10.2 Å². The van der Waals surface area contributed by atoms with Crippen LogP contribution in [0.2, 0.25) is 0 Å². The van der Waals surface area contributed by atoms with Gasteiger partial charge >= 0.3 is 0 Å². The van der Waals surface area contributed by atoms with Crippen LogP contribution in [0.15, 0.2) is 97.1 Å². The zero-order valence-corrected chi connectivity index (χ0v) is 29.3. The van der Waals surface area contributed by atoms with Crippen LogP contribution < -0.4 is 9.80 Å². The first-order chi connectivity index (χ1) is 23.1. The lowest BCUT2D eigenvalue weighted by Gasteiger charge is -2.48. The van der Waals surface area contributed by atoms with Gasteiger partial charge in [0.05, 0.1) is 12.2 Å². The van der Waals surface area contributed by atoms with Crippen LogP contribution in [0.3, 0.4) is 0 Å². The van der Waals surface area contributed by atoms with Gasteiger partial charge in [-0.25, -0.2) is 0 Å². The van der Waals surface area contributed by atoms with Gasteiger partial charge in [0.1, 0.15) is 0 Å². The molecule has 4 nitrogen and oxygen atoms in total. The second kappa shape index (κ2) is 13.1. The summed E-state index contributed by atoms with van der Waals surface area (Å²) in [5.41, 5.74) is 4.42. The molecule has 0 amide bonds. The van der Waals surface area contributed by atoms with Crippen LogP contribution in [0.5, 0.6) is 0 Å². The fourth-order valence-corrected chi connectivity index (χ4v) is 7.95. The zero-order valence-electron chi connectivity index (χ0n) is 29.3. The van der Waals surface area contributed by atoms with Crippen LogP contribution in [-0.2, 0) is 0 Å². The average molecular weight is 639 g/mol. The number of hydrogen-bond donors (Lipinski definition) is 2. The molecule has 6 aromatic carbocycles. The summed E-state index contributed by atoms with van der Waals surface area (Å²) in [5.74, 6) is 0.488. The average Bonchev–Trinajstić information content (AvgIpc) is 3.07. The Balaban J connectivity index is 1.33. The van der Waals surface area contributed by atoms with Crippen LogP contribution in [0.1, 0.15) is 63.5 Å². The highest BCUT2D eigenvalue weighted by Gasteiger charge is 2.51. The van der Waals surface area contributed by atoms with E-state index < -0.39 is 12.2 Å². The van der Waals surface area contributed by atoms with E-state index in [0.29, 0.717) is 11.8 Å². The number of rotatable bonds is 10. The molecule has 0 aromatic heterocycles. The van der Waals surface area contributed by atoms with E-state index in [2.05, 4.69) is 149 Å². The summed E-state index contributed by atoms with van der Waals surface area (Å²) in [6, 6.07) is 34.8. The molecule has 48 heavy (non-hydrogen) atoms. The van der Waals surface area contributed by atoms with Crippen LogP contribution >= 0.6 is 0 Å². The maximum Gasteiger partial charge on any atom is 0.0727 e. The molecule has 0 heterocycles. The molecule has 0 bridgehead atoms. The third kappa shape index (κ3) is 5.80. The van der Waals surface area contributed by atoms with Crippen molar-refractivity contribution in [3.8, 4) is 0 Å². The highest BCUT2D eigenvalue weighted by molar-refractivity contribution is 6.07. The van der Waals surface area contributed by atoms with E-state index >= 15 is 0 Å². The topological polar surface area (TPSA) is 46.9 Å². The molecule has 1 saturated carbocycles. The number of aliphatic hydroxyl groups is 2. The Morgan fingerprint density at radius 2 is 0.896 bits per heavy atom. The monoisotopic (exact) mass is 638 g/mol. The van der Waals surface area contributed by atoms with Gasteiger partial charge in [-0.05, 0) is 105 Å². The van der Waals surface area contributed by atoms with Crippen LogP contribution in [0, 0.1) is 11.8 Å². The normalized spacial score (nSPS) is 19.5. The molecule has 2 unspecified atom stereocenters. The van der Waals surface area contributed by atoms with Gasteiger partial charge < -0.3 is 20.0 Å². The van der Waals surface area contributed by atoms with Gasteiger partial charge in [-0.15, -0.1) is 0 Å². The van der Waals surface area contributed by atoms with E-state index in [9.17, 15) is 10.2 Å². The second-order valence-electron chi connectivity index (χ2n) is 15.1. The molecule has 0 aliphatic heterocycles. The van der Waals surface area contributed by atoms with Crippen molar-refractivity contribution in [3.05, 3.63) is 108 Å². The van der Waals surface area contributed by atoms with Gasteiger partial charge in [0.25, 0.3) is 0 Å². The number of benzene rings is 6. The first-order valence-electron chi connectivity index (χ1n) is 17.8. The molecule has 1 fully saturated rings. The SMILES string of the molecule is CC(C)CCN(CCC(C)C)c1ccc(C2C(O)C(c3ccc(N(C)C)c4cc5ccccc5cc34)C2O)c2cc3ccccc3cc12. The van der Waals surface area contributed by atoms with Gasteiger partial charge in [-0.3, -0.25) is 0 Å². The lowest BCUT2D eigenvalue weighted by atomic mass is 9.62. The smallest absolute Gasteiger partial charge is 0.0727 e. The fourth-order valence-electron chi connectivity index (χ4n) is 7.95. The number of hydrogen-bond acceptors (Lipinski definition) is 4. The van der Waals surface area contributed by atoms with Gasteiger partial charge in [0.2, 0.25) is 0 Å². The molecule has 1 aliphatic rings. The maximum absolute atomic E-state index is 12.1. The Kier molecular flexibility index (Phi) is 8.82. The molecule has 0 radical (unpaired) electrons. The molecule has 0 spiro atoms. The van der Waals surface area contributed by atoms with Gasteiger partial charge in [-0.2, -0.15) is 0 Å². The van der Waals surface area contributed by atoms with Crippen molar-refractivity contribution >= 4 is 54.5 Å².